The summed E-state index contributed by atoms with van der Waals surface area (Å²) in [6.45, 7) is 2.06. The zero-order chi connectivity index (χ0) is 22.2. The van der Waals surface area contributed by atoms with Crippen molar-refractivity contribution in [1.29, 1.82) is 0 Å². The standard InChI is InChI=1S/C20H23F2N7O3/c21-14(22)11-27-6-8-28(9-7-27)19(30)12-3-1-5-29(12)20-25-16(23)15-18(26-20)32-17(24-15)13-4-2-10-31-13/h2,4,10,12,14H,1,3,5-9,11H2,(H2,23,25,26)/t12-/m0/s1. The number of carbonyl (C=O) groups excluding carboxylic acids is 1. The number of nitrogens with zero attached hydrogens (tertiary/aromatic N) is 6. The number of fused-ring (bicyclic) bond motifs is 1. The van der Waals surface area contributed by atoms with E-state index in [-0.39, 0.29) is 29.9 Å². The number of halogens is 2. The largest absolute Gasteiger partial charge is 0.459 e. The van der Waals surface area contributed by atoms with Crippen molar-refractivity contribution in [2.24, 2.45) is 0 Å². The number of oxazole rings is 1. The maximum Gasteiger partial charge on any atom is 0.265 e. The predicted octanol–water partition coefficient (Wildman–Crippen LogP) is 1.84. The molecule has 0 radical (unpaired) electrons. The van der Waals surface area contributed by atoms with E-state index >= 15 is 0 Å². The van der Waals surface area contributed by atoms with Crippen LogP contribution in [0, 0.1) is 0 Å². The first-order valence-electron chi connectivity index (χ1n) is 10.5. The van der Waals surface area contributed by atoms with E-state index in [1.54, 1.807) is 21.9 Å². The average Bonchev–Trinajstić information content (AvgIpc) is 3.53. The predicted molar refractivity (Wildman–Crippen MR) is 111 cm³/mol. The SMILES string of the molecule is Nc1nc(N2CCC[C@H]2C(=O)N2CCN(CC(F)F)CC2)nc2oc(-c3ccco3)nc12. The van der Waals surface area contributed by atoms with Gasteiger partial charge in [-0.1, -0.05) is 0 Å². The summed E-state index contributed by atoms with van der Waals surface area (Å²) in [6, 6.07) is 3.00. The maximum absolute atomic E-state index is 13.2. The first-order chi connectivity index (χ1) is 15.5. The van der Waals surface area contributed by atoms with E-state index in [2.05, 4.69) is 15.0 Å². The zero-order valence-corrected chi connectivity index (χ0v) is 17.3. The molecule has 0 unspecified atom stereocenters. The van der Waals surface area contributed by atoms with Crippen molar-refractivity contribution in [1.82, 2.24) is 24.8 Å². The Hall–Kier alpha value is -3.28. The van der Waals surface area contributed by atoms with E-state index in [0.29, 0.717) is 56.4 Å². The number of anilines is 2. The highest BCUT2D eigenvalue weighted by atomic mass is 19.3. The number of furan rings is 1. The molecule has 1 amide bonds. The highest BCUT2D eigenvalue weighted by molar-refractivity contribution is 5.87. The Labute approximate surface area is 182 Å². The van der Waals surface area contributed by atoms with Gasteiger partial charge in [0.1, 0.15) is 6.04 Å². The van der Waals surface area contributed by atoms with E-state index < -0.39 is 12.5 Å². The summed E-state index contributed by atoms with van der Waals surface area (Å²) in [4.78, 5) is 31.6. The van der Waals surface area contributed by atoms with E-state index in [0.717, 1.165) is 6.42 Å². The van der Waals surface area contributed by atoms with Crippen LogP contribution in [-0.4, -0.2) is 82.4 Å². The first-order valence-corrected chi connectivity index (χ1v) is 10.5. The number of alkyl halides is 2. The Balaban J connectivity index is 1.34. The van der Waals surface area contributed by atoms with Crippen LogP contribution in [0.2, 0.25) is 0 Å². The molecule has 5 heterocycles. The summed E-state index contributed by atoms with van der Waals surface area (Å²) < 4.78 is 36.3. The van der Waals surface area contributed by atoms with Crippen LogP contribution >= 0.6 is 0 Å². The fourth-order valence-corrected chi connectivity index (χ4v) is 4.28. The minimum absolute atomic E-state index is 0.0460. The zero-order valence-electron chi connectivity index (χ0n) is 17.3. The number of hydrogen-bond acceptors (Lipinski definition) is 9. The third kappa shape index (κ3) is 3.85. The molecule has 2 saturated heterocycles. The molecule has 3 aromatic rings. The summed E-state index contributed by atoms with van der Waals surface area (Å²) in [6.07, 6.45) is 0.602. The molecule has 3 aromatic heterocycles. The van der Waals surface area contributed by atoms with E-state index in [1.807, 2.05) is 4.90 Å². The van der Waals surface area contributed by atoms with Crippen LogP contribution in [0.25, 0.3) is 22.9 Å². The summed E-state index contributed by atoms with van der Waals surface area (Å²) in [7, 11) is 0. The molecule has 0 aliphatic carbocycles. The van der Waals surface area contributed by atoms with Gasteiger partial charge in [-0.3, -0.25) is 9.69 Å². The molecule has 0 saturated carbocycles. The van der Waals surface area contributed by atoms with Crippen molar-refractivity contribution < 1.29 is 22.4 Å². The second kappa shape index (κ2) is 8.34. The van der Waals surface area contributed by atoms with Crippen molar-refractivity contribution in [3.8, 4) is 11.7 Å². The Bertz CT molecular complexity index is 1100. The fourth-order valence-electron chi connectivity index (χ4n) is 4.28. The lowest BCUT2D eigenvalue weighted by Gasteiger charge is -2.37. The number of piperazine rings is 1. The minimum atomic E-state index is -2.37. The van der Waals surface area contributed by atoms with Crippen molar-refractivity contribution in [2.75, 3.05) is 49.9 Å². The molecular formula is C20H23F2N7O3. The Morgan fingerprint density at radius 2 is 2.00 bits per heavy atom. The number of rotatable bonds is 5. The normalized spacial score (nSPS) is 20.0. The number of hydrogen-bond donors (Lipinski definition) is 1. The second-order valence-corrected chi connectivity index (χ2v) is 7.93. The van der Waals surface area contributed by atoms with Crippen LogP contribution in [0.15, 0.2) is 27.2 Å². The van der Waals surface area contributed by atoms with Gasteiger partial charge in [-0.15, -0.1) is 0 Å². The molecule has 0 spiro atoms. The van der Waals surface area contributed by atoms with Crippen LogP contribution in [0.3, 0.4) is 0 Å². The van der Waals surface area contributed by atoms with Crippen LogP contribution in [-0.2, 0) is 4.79 Å². The molecule has 0 aromatic carbocycles. The molecule has 32 heavy (non-hydrogen) atoms. The van der Waals surface area contributed by atoms with E-state index in [9.17, 15) is 13.6 Å². The molecule has 2 fully saturated rings. The molecule has 10 nitrogen and oxygen atoms in total. The third-order valence-electron chi connectivity index (χ3n) is 5.88. The average molecular weight is 447 g/mol. The monoisotopic (exact) mass is 447 g/mol. The molecule has 12 heteroatoms. The lowest BCUT2D eigenvalue weighted by atomic mass is 10.1. The number of carbonyl (C=O) groups is 1. The van der Waals surface area contributed by atoms with Gasteiger partial charge < -0.3 is 24.4 Å². The molecule has 5 rings (SSSR count). The molecular weight excluding hydrogens is 424 g/mol. The highest BCUT2D eigenvalue weighted by Crippen LogP contribution is 2.30. The molecule has 1 atom stereocenters. The summed E-state index contributed by atoms with van der Waals surface area (Å²) in [5, 5.41) is 0. The van der Waals surface area contributed by atoms with Crippen molar-refractivity contribution in [3.05, 3.63) is 18.4 Å². The van der Waals surface area contributed by atoms with E-state index in [1.165, 1.54) is 6.26 Å². The van der Waals surface area contributed by atoms with Gasteiger partial charge in [-0.2, -0.15) is 9.97 Å². The Kier molecular flexibility index (Phi) is 5.37. The van der Waals surface area contributed by atoms with Crippen molar-refractivity contribution >= 4 is 28.9 Å². The smallest absolute Gasteiger partial charge is 0.265 e. The van der Waals surface area contributed by atoms with Crippen LogP contribution in [0.1, 0.15) is 12.8 Å². The number of nitrogens with two attached hydrogens (primary N) is 1. The van der Waals surface area contributed by atoms with E-state index in [4.69, 9.17) is 14.6 Å². The first kappa shape index (κ1) is 20.6. The Morgan fingerprint density at radius 3 is 2.72 bits per heavy atom. The molecule has 2 aliphatic heterocycles. The summed E-state index contributed by atoms with van der Waals surface area (Å²) >= 11 is 0. The van der Waals surface area contributed by atoms with Crippen molar-refractivity contribution in [3.63, 3.8) is 0 Å². The number of amides is 1. The molecule has 0 bridgehead atoms. The van der Waals surface area contributed by atoms with Crippen molar-refractivity contribution in [2.45, 2.75) is 25.3 Å². The molecule has 2 aliphatic rings. The van der Waals surface area contributed by atoms with Gasteiger partial charge in [0.15, 0.2) is 17.1 Å². The van der Waals surface area contributed by atoms with Gasteiger partial charge in [-0.05, 0) is 25.0 Å². The number of aromatic nitrogens is 3. The minimum Gasteiger partial charge on any atom is -0.459 e. The van der Waals surface area contributed by atoms with Gasteiger partial charge in [0.2, 0.25) is 11.9 Å². The molecule has 170 valence electrons. The maximum atomic E-state index is 13.2. The summed E-state index contributed by atoms with van der Waals surface area (Å²) in [5.74, 6) is 1.12. The third-order valence-corrected chi connectivity index (χ3v) is 5.88. The lowest BCUT2D eigenvalue weighted by Crippen LogP contribution is -2.54. The Morgan fingerprint density at radius 1 is 1.19 bits per heavy atom. The summed E-state index contributed by atoms with van der Waals surface area (Å²) in [5.41, 5.74) is 6.67. The van der Waals surface area contributed by atoms with Crippen LogP contribution < -0.4 is 10.6 Å². The van der Waals surface area contributed by atoms with Gasteiger partial charge in [0, 0.05) is 32.7 Å². The van der Waals surface area contributed by atoms with Gasteiger partial charge in [0.25, 0.3) is 18.0 Å². The van der Waals surface area contributed by atoms with Crippen LogP contribution in [0.4, 0.5) is 20.5 Å². The topological polar surface area (TPSA) is 118 Å². The molecule has 2 N–H and O–H groups in total. The lowest BCUT2D eigenvalue weighted by molar-refractivity contribution is -0.134. The second-order valence-electron chi connectivity index (χ2n) is 7.93. The van der Waals surface area contributed by atoms with Gasteiger partial charge >= 0.3 is 0 Å². The van der Waals surface area contributed by atoms with Crippen LogP contribution in [0.5, 0.6) is 0 Å². The van der Waals surface area contributed by atoms with Gasteiger partial charge in [0.05, 0.1) is 12.8 Å². The fraction of sp³-hybridized carbons (Fsp3) is 0.500. The highest BCUT2D eigenvalue weighted by Gasteiger charge is 2.37. The van der Waals surface area contributed by atoms with Gasteiger partial charge in [-0.25, -0.2) is 13.8 Å². The quantitative estimate of drug-likeness (QED) is 0.625. The number of nitrogen functional groups attached to an aromatic ring is 1.